The van der Waals surface area contributed by atoms with Crippen molar-refractivity contribution >= 4 is 21.6 Å². The topological polar surface area (TPSA) is 32.3 Å². The summed E-state index contributed by atoms with van der Waals surface area (Å²) in [5, 5.41) is 8.44. The van der Waals surface area contributed by atoms with Crippen LogP contribution in [0.5, 0.6) is 0 Å². The normalized spacial score (nSPS) is 9.11. The standard InChI is InChI=1S/C6H6BrNO/c7-5-3-1-2-4-6(5)8-9/h1-4,8-9H. The molecule has 0 aromatic heterocycles. The molecule has 0 unspecified atom stereocenters. The van der Waals surface area contributed by atoms with E-state index >= 15 is 0 Å². The molecule has 0 heterocycles. The van der Waals surface area contributed by atoms with Crippen molar-refractivity contribution < 1.29 is 5.21 Å². The molecule has 3 heteroatoms. The monoisotopic (exact) mass is 187 g/mol. The van der Waals surface area contributed by atoms with Crippen molar-refractivity contribution in [2.45, 2.75) is 0 Å². The summed E-state index contributed by atoms with van der Waals surface area (Å²) in [6.45, 7) is 0. The van der Waals surface area contributed by atoms with Crippen molar-refractivity contribution in [1.29, 1.82) is 0 Å². The molecule has 0 amide bonds. The largest absolute Gasteiger partial charge is 0.291 e. The Morgan fingerprint density at radius 1 is 1.33 bits per heavy atom. The van der Waals surface area contributed by atoms with E-state index in [-0.39, 0.29) is 0 Å². The first-order valence-corrected chi connectivity index (χ1v) is 3.28. The van der Waals surface area contributed by atoms with Crippen LogP contribution in [0.3, 0.4) is 0 Å². The van der Waals surface area contributed by atoms with E-state index in [1.54, 1.807) is 6.07 Å². The Bertz CT molecular complexity index is 202. The molecule has 0 bridgehead atoms. The Balaban J connectivity index is 3.01. The summed E-state index contributed by atoms with van der Waals surface area (Å²) in [5.74, 6) is 0. The fourth-order valence-electron chi connectivity index (χ4n) is 0.552. The van der Waals surface area contributed by atoms with Crippen LogP contribution < -0.4 is 5.48 Å². The molecule has 0 radical (unpaired) electrons. The summed E-state index contributed by atoms with van der Waals surface area (Å²) >= 11 is 3.23. The van der Waals surface area contributed by atoms with Gasteiger partial charge in [-0.3, -0.25) is 10.7 Å². The van der Waals surface area contributed by atoms with Crippen molar-refractivity contribution in [3.8, 4) is 0 Å². The summed E-state index contributed by atoms with van der Waals surface area (Å²) in [6, 6.07) is 7.33. The Hall–Kier alpha value is -0.540. The molecule has 1 aromatic carbocycles. The van der Waals surface area contributed by atoms with Crippen LogP contribution in [0, 0.1) is 0 Å². The molecular weight excluding hydrogens is 182 g/mol. The van der Waals surface area contributed by atoms with Crippen LogP contribution >= 0.6 is 15.9 Å². The van der Waals surface area contributed by atoms with E-state index in [0.29, 0.717) is 5.69 Å². The number of halogens is 1. The summed E-state index contributed by atoms with van der Waals surface area (Å²) in [4.78, 5) is 0. The highest BCUT2D eigenvalue weighted by atomic mass is 79.9. The number of benzene rings is 1. The van der Waals surface area contributed by atoms with E-state index < -0.39 is 0 Å². The zero-order chi connectivity index (χ0) is 6.69. The van der Waals surface area contributed by atoms with Gasteiger partial charge < -0.3 is 0 Å². The predicted molar refractivity (Wildman–Crippen MR) is 39.6 cm³/mol. The molecule has 0 aliphatic rings. The summed E-state index contributed by atoms with van der Waals surface area (Å²) in [7, 11) is 0. The highest BCUT2D eigenvalue weighted by Gasteiger charge is 1.91. The first-order valence-electron chi connectivity index (χ1n) is 2.49. The minimum absolute atomic E-state index is 0.678. The van der Waals surface area contributed by atoms with Gasteiger partial charge in [-0.05, 0) is 28.1 Å². The molecule has 1 rings (SSSR count). The molecule has 0 fully saturated rings. The van der Waals surface area contributed by atoms with Crippen LogP contribution in [0.25, 0.3) is 0 Å². The molecule has 2 nitrogen and oxygen atoms in total. The average molecular weight is 188 g/mol. The van der Waals surface area contributed by atoms with Crippen molar-refractivity contribution in [2.24, 2.45) is 0 Å². The zero-order valence-corrected chi connectivity index (χ0v) is 6.22. The average Bonchev–Trinajstić information content (AvgIpc) is 1.89. The molecule has 9 heavy (non-hydrogen) atoms. The highest BCUT2D eigenvalue weighted by Crippen LogP contribution is 2.19. The van der Waals surface area contributed by atoms with Gasteiger partial charge in [0, 0.05) is 4.47 Å². The number of para-hydroxylation sites is 1. The molecule has 0 spiro atoms. The Kier molecular flexibility index (Phi) is 2.08. The molecule has 0 aliphatic carbocycles. The van der Waals surface area contributed by atoms with Crippen LogP contribution in [0.2, 0.25) is 0 Å². The van der Waals surface area contributed by atoms with Gasteiger partial charge >= 0.3 is 0 Å². The van der Waals surface area contributed by atoms with Gasteiger partial charge in [-0.1, -0.05) is 12.1 Å². The van der Waals surface area contributed by atoms with Crippen molar-refractivity contribution in [1.82, 2.24) is 0 Å². The van der Waals surface area contributed by atoms with Crippen LogP contribution in [-0.2, 0) is 0 Å². The third kappa shape index (κ3) is 1.43. The highest BCUT2D eigenvalue weighted by molar-refractivity contribution is 9.10. The smallest absolute Gasteiger partial charge is 0.0744 e. The Morgan fingerprint density at radius 2 is 2.00 bits per heavy atom. The second-order valence-electron chi connectivity index (χ2n) is 1.59. The third-order valence-corrected chi connectivity index (χ3v) is 1.69. The second kappa shape index (κ2) is 2.85. The molecule has 0 atom stereocenters. The zero-order valence-electron chi connectivity index (χ0n) is 4.63. The van der Waals surface area contributed by atoms with E-state index in [4.69, 9.17) is 5.21 Å². The van der Waals surface area contributed by atoms with Crippen molar-refractivity contribution in [3.63, 3.8) is 0 Å². The Labute approximate surface area is 61.6 Å². The number of hydrogen-bond acceptors (Lipinski definition) is 2. The lowest BCUT2D eigenvalue weighted by Crippen LogP contribution is -1.88. The van der Waals surface area contributed by atoms with Gasteiger partial charge in [-0.25, -0.2) is 0 Å². The maximum absolute atomic E-state index is 8.44. The first-order chi connectivity index (χ1) is 4.34. The lowest BCUT2D eigenvalue weighted by Gasteiger charge is -1.98. The van der Waals surface area contributed by atoms with Crippen LogP contribution in [-0.4, -0.2) is 5.21 Å². The number of hydrogen-bond donors (Lipinski definition) is 2. The fraction of sp³-hybridized carbons (Fsp3) is 0. The van der Waals surface area contributed by atoms with Gasteiger partial charge in [0.25, 0.3) is 0 Å². The summed E-state index contributed by atoms with van der Waals surface area (Å²) in [5.41, 5.74) is 2.73. The van der Waals surface area contributed by atoms with E-state index in [0.717, 1.165) is 4.47 Å². The van der Waals surface area contributed by atoms with Gasteiger partial charge in [0.05, 0.1) is 5.69 Å². The predicted octanol–water partition coefficient (Wildman–Crippen LogP) is 2.25. The van der Waals surface area contributed by atoms with Crippen molar-refractivity contribution in [2.75, 3.05) is 5.48 Å². The van der Waals surface area contributed by atoms with E-state index in [1.165, 1.54) is 0 Å². The van der Waals surface area contributed by atoms with E-state index in [2.05, 4.69) is 15.9 Å². The SMILES string of the molecule is ONc1ccccc1Br. The molecule has 1 aromatic rings. The number of anilines is 1. The number of nitrogens with one attached hydrogen (secondary N) is 1. The second-order valence-corrected chi connectivity index (χ2v) is 2.45. The van der Waals surface area contributed by atoms with Crippen LogP contribution in [0.15, 0.2) is 28.7 Å². The van der Waals surface area contributed by atoms with Gasteiger partial charge in [0.1, 0.15) is 0 Å². The van der Waals surface area contributed by atoms with Crippen LogP contribution in [0.4, 0.5) is 5.69 Å². The van der Waals surface area contributed by atoms with Crippen molar-refractivity contribution in [3.05, 3.63) is 28.7 Å². The fourth-order valence-corrected chi connectivity index (χ4v) is 0.925. The van der Waals surface area contributed by atoms with E-state index in [1.807, 2.05) is 23.7 Å². The quantitative estimate of drug-likeness (QED) is 0.662. The lowest BCUT2D eigenvalue weighted by molar-refractivity contribution is 0.388. The molecular formula is C6H6BrNO. The molecule has 0 saturated heterocycles. The summed E-state index contributed by atoms with van der Waals surface area (Å²) < 4.78 is 0.854. The van der Waals surface area contributed by atoms with Gasteiger partial charge in [0.2, 0.25) is 0 Å². The summed E-state index contributed by atoms with van der Waals surface area (Å²) in [6.07, 6.45) is 0. The third-order valence-electron chi connectivity index (χ3n) is 0.994. The van der Waals surface area contributed by atoms with E-state index in [9.17, 15) is 0 Å². The van der Waals surface area contributed by atoms with Crippen LogP contribution in [0.1, 0.15) is 0 Å². The maximum Gasteiger partial charge on any atom is 0.0744 e. The first kappa shape index (κ1) is 6.58. The van der Waals surface area contributed by atoms with Gasteiger partial charge in [0.15, 0.2) is 0 Å². The molecule has 48 valence electrons. The molecule has 0 saturated carbocycles. The minimum atomic E-state index is 0.678. The minimum Gasteiger partial charge on any atom is -0.291 e. The maximum atomic E-state index is 8.44. The van der Waals surface area contributed by atoms with Gasteiger partial charge in [-0.2, -0.15) is 0 Å². The number of rotatable bonds is 1. The van der Waals surface area contributed by atoms with Gasteiger partial charge in [-0.15, -0.1) is 0 Å². The molecule has 2 N–H and O–H groups in total. The Morgan fingerprint density at radius 3 is 2.44 bits per heavy atom. The molecule has 0 aliphatic heterocycles. The lowest BCUT2D eigenvalue weighted by atomic mass is 10.3.